The van der Waals surface area contributed by atoms with Gasteiger partial charge in [0.25, 0.3) is 0 Å². The third-order valence-electron chi connectivity index (χ3n) is 2.10. The van der Waals surface area contributed by atoms with Gasteiger partial charge in [-0.15, -0.1) is 0 Å². The summed E-state index contributed by atoms with van der Waals surface area (Å²) in [5.74, 6) is 0. The fourth-order valence-electron chi connectivity index (χ4n) is 1.28. The molecule has 0 amide bonds. The Bertz CT molecular complexity index is 225. The van der Waals surface area contributed by atoms with Gasteiger partial charge in [0.2, 0.25) is 0 Å². The van der Waals surface area contributed by atoms with Crippen LogP contribution in [0.2, 0.25) is 0 Å². The number of methoxy groups -OCH3 is 1. The van der Waals surface area contributed by atoms with Crippen molar-refractivity contribution in [3.8, 4) is 0 Å². The van der Waals surface area contributed by atoms with Gasteiger partial charge >= 0.3 is 0 Å². The van der Waals surface area contributed by atoms with Crippen molar-refractivity contribution in [2.45, 2.75) is 39.5 Å². The Kier molecular flexibility index (Phi) is 12.5. The molecule has 1 aromatic heterocycles. The lowest BCUT2D eigenvalue weighted by Crippen LogP contribution is -2.00. The lowest BCUT2D eigenvalue weighted by Gasteiger charge is -2.02. The number of nitrogens with zero attached hydrogens (tertiary/aromatic N) is 1. The van der Waals surface area contributed by atoms with E-state index in [1.807, 2.05) is 19.9 Å². The lowest BCUT2D eigenvalue weighted by atomic mass is 10.2. The Morgan fingerprint density at radius 2 is 1.88 bits per heavy atom. The molecule has 0 fully saturated rings. The second kappa shape index (κ2) is 13.2. The summed E-state index contributed by atoms with van der Waals surface area (Å²) in [4.78, 5) is 0. The lowest BCUT2D eigenvalue weighted by molar-refractivity contribution is 0.100. The van der Waals surface area contributed by atoms with Gasteiger partial charge in [-0.25, -0.2) is 0 Å². The van der Waals surface area contributed by atoms with E-state index in [0.717, 1.165) is 51.2 Å². The van der Waals surface area contributed by atoms with E-state index < -0.39 is 0 Å². The molecule has 0 aliphatic heterocycles. The summed E-state index contributed by atoms with van der Waals surface area (Å²) in [6, 6.07) is 1.90. The number of aromatic nitrogens is 1. The van der Waals surface area contributed by atoms with E-state index in [1.54, 1.807) is 13.4 Å². The number of rotatable bonds is 9. The molecule has 0 aromatic carbocycles. The summed E-state index contributed by atoms with van der Waals surface area (Å²) in [5, 5.41) is 3.84. The first-order valence-electron chi connectivity index (χ1n) is 6.39. The largest absolute Gasteiger partial charge is 0.385 e. The van der Waals surface area contributed by atoms with Gasteiger partial charge in [0, 0.05) is 33.0 Å². The average Bonchev–Trinajstić information content (AvgIpc) is 2.88. The summed E-state index contributed by atoms with van der Waals surface area (Å²) in [7, 11) is 1.71. The van der Waals surface area contributed by atoms with Crippen LogP contribution >= 0.6 is 0 Å². The first-order valence-corrected chi connectivity index (χ1v) is 6.39. The fourth-order valence-corrected chi connectivity index (χ4v) is 1.28. The maximum Gasteiger partial charge on any atom is 0.124 e. The first kappa shape index (κ1) is 16.1. The minimum atomic E-state index is 0.777. The molecule has 4 nitrogen and oxygen atoms in total. The van der Waals surface area contributed by atoms with Gasteiger partial charge in [-0.05, 0) is 25.7 Å². The van der Waals surface area contributed by atoms with E-state index >= 15 is 0 Å². The molecule has 0 spiro atoms. The number of hydrogen-bond donors (Lipinski definition) is 0. The van der Waals surface area contributed by atoms with Crippen molar-refractivity contribution in [2.75, 3.05) is 26.9 Å². The molecule has 4 heteroatoms. The van der Waals surface area contributed by atoms with Gasteiger partial charge < -0.3 is 14.0 Å². The van der Waals surface area contributed by atoms with Gasteiger partial charge in [-0.1, -0.05) is 19.0 Å². The van der Waals surface area contributed by atoms with Crippen molar-refractivity contribution in [1.29, 1.82) is 0 Å². The maximum absolute atomic E-state index is 5.43. The summed E-state index contributed by atoms with van der Waals surface area (Å²) in [6.07, 6.45) is 5.71. The molecule has 0 atom stereocenters. The average molecular weight is 243 g/mol. The van der Waals surface area contributed by atoms with Crippen LogP contribution < -0.4 is 0 Å². The van der Waals surface area contributed by atoms with E-state index in [-0.39, 0.29) is 0 Å². The third kappa shape index (κ3) is 10.0. The van der Waals surface area contributed by atoms with Crippen LogP contribution in [-0.4, -0.2) is 32.1 Å². The van der Waals surface area contributed by atoms with E-state index in [9.17, 15) is 0 Å². The molecule has 1 aromatic rings. The zero-order valence-corrected chi connectivity index (χ0v) is 11.3. The molecule has 17 heavy (non-hydrogen) atoms. The highest BCUT2D eigenvalue weighted by Gasteiger charge is 1.96. The van der Waals surface area contributed by atoms with E-state index in [1.165, 1.54) is 0 Å². The highest BCUT2D eigenvalue weighted by molar-refractivity contribution is 4.94. The summed E-state index contributed by atoms with van der Waals surface area (Å²) in [6.45, 7) is 6.39. The topological polar surface area (TPSA) is 44.5 Å². The van der Waals surface area contributed by atoms with Crippen LogP contribution in [0, 0.1) is 0 Å². The Morgan fingerprint density at radius 3 is 2.53 bits per heavy atom. The normalized spacial score (nSPS) is 9.82. The fraction of sp³-hybridized carbons (Fsp3) is 0.769. The van der Waals surface area contributed by atoms with Crippen molar-refractivity contribution >= 4 is 0 Å². The molecule has 0 saturated carbocycles. The van der Waals surface area contributed by atoms with Gasteiger partial charge in [-0.2, -0.15) is 0 Å². The van der Waals surface area contributed by atoms with Crippen molar-refractivity contribution in [3.05, 3.63) is 18.0 Å². The summed E-state index contributed by atoms with van der Waals surface area (Å²) >= 11 is 0. The SMILES string of the molecule is CC.COCCCOCCCCc1ccon1. The third-order valence-corrected chi connectivity index (χ3v) is 2.10. The van der Waals surface area contributed by atoms with Crippen molar-refractivity contribution < 1.29 is 14.0 Å². The maximum atomic E-state index is 5.43. The highest BCUT2D eigenvalue weighted by atomic mass is 16.5. The Labute approximate surface area is 104 Å². The Balaban J connectivity index is 0.00000121. The summed E-state index contributed by atoms with van der Waals surface area (Å²) in [5.41, 5.74) is 1.02. The number of aryl methyl sites for hydroxylation is 1. The molecule has 0 saturated heterocycles. The van der Waals surface area contributed by atoms with Crippen molar-refractivity contribution in [2.24, 2.45) is 0 Å². The van der Waals surface area contributed by atoms with Gasteiger partial charge in [0.1, 0.15) is 6.26 Å². The van der Waals surface area contributed by atoms with Crippen LogP contribution in [0.15, 0.2) is 16.9 Å². The van der Waals surface area contributed by atoms with E-state index in [2.05, 4.69) is 5.16 Å². The molecule has 100 valence electrons. The molecule has 1 heterocycles. The first-order chi connectivity index (χ1) is 8.43. The second-order valence-corrected chi connectivity index (χ2v) is 3.41. The van der Waals surface area contributed by atoms with Crippen molar-refractivity contribution in [3.63, 3.8) is 0 Å². The molecule has 0 radical (unpaired) electrons. The molecule has 0 bridgehead atoms. The van der Waals surface area contributed by atoms with E-state index in [4.69, 9.17) is 14.0 Å². The number of hydrogen-bond acceptors (Lipinski definition) is 4. The molecule has 0 unspecified atom stereocenters. The predicted molar refractivity (Wildman–Crippen MR) is 68.1 cm³/mol. The molecule has 1 rings (SSSR count). The van der Waals surface area contributed by atoms with Crippen LogP contribution in [0.1, 0.15) is 38.8 Å². The van der Waals surface area contributed by atoms with Crippen LogP contribution in [0.5, 0.6) is 0 Å². The minimum Gasteiger partial charge on any atom is -0.385 e. The zero-order valence-electron chi connectivity index (χ0n) is 11.3. The van der Waals surface area contributed by atoms with Gasteiger partial charge in [0.15, 0.2) is 0 Å². The monoisotopic (exact) mass is 243 g/mol. The van der Waals surface area contributed by atoms with Crippen LogP contribution in [-0.2, 0) is 15.9 Å². The van der Waals surface area contributed by atoms with Crippen molar-refractivity contribution in [1.82, 2.24) is 5.16 Å². The molecule has 0 aliphatic carbocycles. The smallest absolute Gasteiger partial charge is 0.124 e. The second-order valence-electron chi connectivity index (χ2n) is 3.41. The number of unbranched alkanes of at least 4 members (excludes halogenated alkanes) is 1. The van der Waals surface area contributed by atoms with Crippen LogP contribution in [0.4, 0.5) is 0 Å². The number of ether oxygens (including phenoxy) is 2. The molecular weight excluding hydrogens is 218 g/mol. The predicted octanol–water partition coefficient (Wildman–Crippen LogP) is 3.08. The molecule has 0 aliphatic rings. The van der Waals surface area contributed by atoms with Crippen LogP contribution in [0.3, 0.4) is 0 Å². The van der Waals surface area contributed by atoms with E-state index in [0.29, 0.717) is 0 Å². The Hall–Kier alpha value is -0.870. The molecular formula is C13H25NO3. The Morgan fingerprint density at radius 1 is 1.12 bits per heavy atom. The highest BCUT2D eigenvalue weighted by Crippen LogP contribution is 2.02. The zero-order chi connectivity index (χ0) is 12.8. The molecule has 0 N–H and O–H groups in total. The summed E-state index contributed by atoms with van der Waals surface area (Å²) < 4.78 is 15.1. The van der Waals surface area contributed by atoms with Crippen LogP contribution in [0.25, 0.3) is 0 Å². The van der Waals surface area contributed by atoms with Gasteiger partial charge in [0.05, 0.1) is 5.69 Å². The van der Waals surface area contributed by atoms with Gasteiger partial charge in [-0.3, -0.25) is 0 Å². The quantitative estimate of drug-likeness (QED) is 0.625. The minimum absolute atomic E-state index is 0.777. The standard InChI is InChI=1S/C11H19NO3.C2H6/c1-13-7-4-9-14-8-3-2-5-11-6-10-15-12-11;1-2/h6,10H,2-5,7-9H2,1H3;1-2H3.